The first-order valence-corrected chi connectivity index (χ1v) is 8.07. The van der Waals surface area contributed by atoms with E-state index in [2.05, 4.69) is 81.5 Å². The summed E-state index contributed by atoms with van der Waals surface area (Å²) in [5.74, 6) is 0.900. The van der Waals surface area contributed by atoms with Crippen molar-refractivity contribution in [3.63, 3.8) is 0 Å². The second kappa shape index (κ2) is 6.44. The highest BCUT2D eigenvalue weighted by molar-refractivity contribution is 9.10. The molecule has 0 fully saturated rings. The van der Waals surface area contributed by atoms with Gasteiger partial charge in [-0.15, -0.1) is 0 Å². The highest BCUT2D eigenvalue weighted by Gasteiger charge is 2.20. The number of anilines is 1. The van der Waals surface area contributed by atoms with E-state index in [9.17, 15) is 0 Å². The van der Waals surface area contributed by atoms with Crippen LogP contribution in [0, 0.1) is 0 Å². The van der Waals surface area contributed by atoms with Crippen molar-refractivity contribution in [2.24, 2.45) is 0 Å². The number of methoxy groups -OCH3 is 1. The lowest BCUT2D eigenvalue weighted by atomic mass is 10.1. The summed E-state index contributed by atoms with van der Waals surface area (Å²) >= 11 is 3.47. The van der Waals surface area contributed by atoms with Crippen molar-refractivity contribution < 1.29 is 4.74 Å². The topological polar surface area (TPSA) is 15.7 Å². The summed E-state index contributed by atoms with van der Waals surface area (Å²) in [7, 11) is 1.70. The molecule has 0 saturated carbocycles. The molecule has 0 aromatic heterocycles. The van der Waals surface area contributed by atoms with Crippen LogP contribution in [0.5, 0.6) is 5.75 Å². The van der Waals surface area contributed by atoms with Gasteiger partial charge in [-0.05, 0) is 48.9 Å². The SMILES string of the molecule is COc1cccc(C(C)N2C=CN(c3ccc(Br)cc3)C2)c1. The Balaban J connectivity index is 1.72. The molecule has 0 N–H and O–H groups in total. The summed E-state index contributed by atoms with van der Waals surface area (Å²) in [6.45, 7) is 3.06. The molecule has 0 saturated heterocycles. The quantitative estimate of drug-likeness (QED) is 0.782. The summed E-state index contributed by atoms with van der Waals surface area (Å²) < 4.78 is 6.42. The first-order valence-electron chi connectivity index (χ1n) is 7.27. The number of benzene rings is 2. The molecule has 0 aliphatic carbocycles. The second-order valence-electron chi connectivity index (χ2n) is 5.35. The van der Waals surface area contributed by atoms with E-state index >= 15 is 0 Å². The molecule has 1 unspecified atom stereocenters. The average Bonchev–Trinajstić information content (AvgIpc) is 3.05. The molecule has 1 heterocycles. The van der Waals surface area contributed by atoms with Crippen LogP contribution in [-0.4, -0.2) is 18.7 Å². The minimum atomic E-state index is 0.298. The molecule has 1 aliphatic rings. The van der Waals surface area contributed by atoms with Crippen LogP contribution in [0.3, 0.4) is 0 Å². The lowest BCUT2D eigenvalue weighted by Crippen LogP contribution is -2.27. The maximum Gasteiger partial charge on any atom is 0.119 e. The van der Waals surface area contributed by atoms with E-state index in [-0.39, 0.29) is 0 Å². The number of rotatable bonds is 4. The molecular weight excluding hydrogens is 340 g/mol. The predicted molar refractivity (Wildman–Crippen MR) is 93.9 cm³/mol. The summed E-state index contributed by atoms with van der Waals surface area (Å²) in [5.41, 5.74) is 2.45. The Hall–Kier alpha value is -1.94. The van der Waals surface area contributed by atoms with Crippen LogP contribution in [-0.2, 0) is 0 Å². The molecule has 1 atom stereocenters. The molecular formula is C18H19BrN2O. The second-order valence-corrected chi connectivity index (χ2v) is 6.27. The lowest BCUT2D eigenvalue weighted by Gasteiger charge is -2.27. The van der Waals surface area contributed by atoms with Gasteiger partial charge < -0.3 is 14.5 Å². The molecule has 3 nitrogen and oxygen atoms in total. The van der Waals surface area contributed by atoms with Crippen molar-refractivity contribution in [3.8, 4) is 5.75 Å². The molecule has 4 heteroatoms. The summed E-state index contributed by atoms with van der Waals surface area (Å²) in [6.07, 6.45) is 4.27. The largest absolute Gasteiger partial charge is 0.497 e. The Labute approximate surface area is 139 Å². The fourth-order valence-electron chi connectivity index (χ4n) is 2.58. The number of ether oxygens (including phenoxy) is 1. The third-order valence-electron chi connectivity index (χ3n) is 3.99. The van der Waals surface area contributed by atoms with E-state index in [4.69, 9.17) is 4.74 Å². The molecule has 22 heavy (non-hydrogen) atoms. The molecule has 0 amide bonds. The van der Waals surface area contributed by atoms with Crippen LogP contribution in [0.4, 0.5) is 5.69 Å². The first kappa shape index (κ1) is 15.0. The Bertz CT molecular complexity index is 669. The van der Waals surface area contributed by atoms with Crippen LogP contribution in [0.25, 0.3) is 0 Å². The van der Waals surface area contributed by atoms with E-state index in [0.29, 0.717) is 6.04 Å². The Morgan fingerprint density at radius 1 is 1.09 bits per heavy atom. The van der Waals surface area contributed by atoms with E-state index in [1.807, 2.05) is 12.1 Å². The smallest absolute Gasteiger partial charge is 0.119 e. The van der Waals surface area contributed by atoms with Crippen LogP contribution < -0.4 is 9.64 Å². The number of hydrogen-bond acceptors (Lipinski definition) is 3. The fourth-order valence-corrected chi connectivity index (χ4v) is 2.85. The minimum absolute atomic E-state index is 0.298. The average molecular weight is 359 g/mol. The van der Waals surface area contributed by atoms with Gasteiger partial charge in [-0.3, -0.25) is 0 Å². The highest BCUT2D eigenvalue weighted by atomic mass is 79.9. The van der Waals surface area contributed by atoms with Gasteiger partial charge in [0, 0.05) is 22.6 Å². The van der Waals surface area contributed by atoms with Gasteiger partial charge in [0.1, 0.15) is 5.75 Å². The Morgan fingerprint density at radius 3 is 2.59 bits per heavy atom. The molecule has 0 spiro atoms. The van der Waals surface area contributed by atoms with Crippen LogP contribution >= 0.6 is 15.9 Å². The van der Waals surface area contributed by atoms with E-state index in [0.717, 1.165) is 16.9 Å². The van der Waals surface area contributed by atoms with Gasteiger partial charge in [-0.25, -0.2) is 0 Å². The van der Waals surface area contributed by atoms with Gasteiger partial charge in [0.25, 0.3) is 0 Å². The maximum absolute atomic E-state index is 5.32. The van der Waals surface area contributed by atoms with Crippen molar-refractivity contribution in [2.45, 2.75) is 13.0 Å². The standard InChI is InChI=1S/C18H19BrN2O/c1-14(15-4-3-5-18(12-15)22-2)20-10-11-21(13-20)17-8-6-16(19)7-9-17/h3-12,14H,13H2,1-2H3. The van der Waals surface area contributed by atoms with Gasteiger partial charge in [-0.2, -0.15) is 0 Å². The molecule has 0 radical (unpaired) electrons. The van der Waals surface area contributed by atoms with Crippen molar-refractivity contribution >= 4 is 21.6 Å². The predicted octanol–water partition coefficient (Wildman–Crippen LogP) is 4.77. The summed E-state index contributed by atoms with van der Waals surface area (Å²) in [4.78, 5) is 4.56. The summed E-state index contributed by atoms with van der Waals surface area (Å²) in [5, 5.41) is 0. The fraction of sp³-hybridized carbons (Fsp3) is 0.222. The lowest BCUT2D eigenvalue weighted by molar-refractivity contribution is 0.321. The normalized spacial score (nSPS) is 15.2. The van der Waals surface area contributed by atoms with Gasteiger partial charge >= 0.3 is 0 Å². The molecule has 0 bridgehead atoms. The van der Waals surface area contributed by atoms with E-state index in [1.54, 1.807) is 7.11 Å². The molecule has 3 rings (SSSR count). The Kier molecular flexibility index (Phi) is 4.39. The maximum atomic E-state index is 5.32. The van der Waals surface area contributed by atoms with Crippen molar-refractivity contribution in [1.82, 2.24) is 4.90 Å². The Morgan fingerprint density at radius 2 is 1.86 bits per heavy atom. The van der Waals surface area contributed by atoms with E-state index in [1.165, 1.54) is 11.3 Å². The van der Waals surface area contributed by atoms with Crippen molar-refractivity contribution in [1.29, 1.82) is 0 Å². The molecule has 114 valence electrons. The zero-order chi connectivity index (χ0) is 15.5. The molecule has 1 aliphatic heterocycles. The highest BCUT2D eigenvalue weighted by Crippen LogP contribution is 2.29. The number of halogens is 1. The third-order valence-corrected chi connectivity index (χ3v) is 4.51. The van der Waals surface area contributed by atoms with E-state index < -0.39 is 0 Å². The molecule has 2 aromatic carbocycles. The van der Waals surface area contributed by atoms with Crippen LogP contribution in [0.1, 0.15) is 18.5 Å². The monoisotopic (exact) mass is 358 g/mol. The number of hydrogen-bond donors (Lipinski definition) is 0. The van der Waals surface area contributed by atoms with Crippen LogP contribution in [0.15, 0.2) is 65.4 Å². The third kappa shape index (κ3) is 3.12. The first-order chi connectivity index (χ1) is 10.7. The van der Waals surface area contributed by atoms with Gasteiger partial charge in [0.15, 0.2) is 0 Å². The van der Waals surface area contributed by atoms with Crippen molar-refractivity contribution in [3.05, 3.63) is 71.0 Å². The number of nitrogens with zero attached hydrogens (tertiary/aromatic N) is 2. The minimum Gasteiger partial charge on any atom is -0.497 e. The van der Waals surface area contributed by atoms with Crippen molar-refractivity contribution in [2.75, 3.05) is 18.7 Å². The zero-order valence-electron chi connectivity index (χ0n) is 12.7. The summed E-state index contributed by atoms with van der Waals surface area (Å²) in [6, 6.07) is 16.9. The van der Waals surface area contributed by atoms with Crippen LogP contribution in [0.2, 0.25) is 0 Å². The van der Waals surface area contributed by atoms with Gasteiger partial charge in [-0.1, -0.05) is 28.1 Å². The molecule has 2 aromatic rings. The van der Waals surface area contributed by atoms with Gasteiger partial charge in [0.2, 0.25) is 0 Å². The van der Waals surface area contributed by atoms with Gasteiger partial charge in [0.05, 0.1) is 19.8 Å². The zero-order valence-corrected chi connectivity index (χ0v) is 14.3.